The summed E-state index contributed by atoms with van der Waals surface area (Å²) in [5.74, 6) is -0.146. The molecule has 0 atom stereocenters. The molecule has 0 aromatic heterocycles. The number of benzene rings is 1. The van der Waals surface area contributed by atoms with Gasteiger partial charge < -0.3 is 23.7 Å². The van der Waals surface area contributed by atoms with Gasteiger partial charge in [0, 0.05) is 0 Å². The lowest BCUT2D eigenvalue weighted by molar-refractivity contribution is 0.139. The van der Waals surface area contributed by atoms with Crippen molar-refractivity contribution in [1.29, 1.82) is 0 Å². The fourth-order valence-electron chi connectivity index (χ4n) is 2.57. The van der Waals surface area contributed by atoms with Gasteiger partial charge in [-0.15, -0.1) is 0 Å². The molecule has 0 fully saturated rings. The first-order valence-electron chi connectivity index (χ1n) is 9.72. The number of imide groups is 2. The predicted molar refractivity (Wildman–Crippen MR) is 111 cm³/mol. The summed E-state index contributed by atoms with van der Waals surface area (Å²) in [4.78, 5) is 51.4. The zero-order valence-electron chi connectivity index (χ0n) is 18.6. The summed E-state index contributed by atoms with van der Waals surface area (Å²) >= 11 is 0. The molecular weight excluding hydrogens is 412 g/mol. The number of rotatable bonds is 7. The monoisotopic (exact) mass is 440 g/mol. The lowest BCUT2D eigenvalue weighted by Crippen LogP contribution is -2.40. The van der Waals surface area contributed by atoms with Crippen LogP contribution in [-0.2, 0) is 18.9 Å². The highest BCUT2D eigenvalue weighted by Crippen LogP contribution is 2.40. The van der Waals surface area contributed by atoms with Gasteiger partial charge in [0.15, 0.2) is 5.75 Å². The van der Waals surface area contributed by atoms with E-state index in [1.54, 1.807) is 34.6 Å². The van der Waals surface area contributed by atoms with E-state index < -0.39 is 24.4 Å². The normalized spacial score (nSPS) is 10.0. The van der Waals surface area contributed by atoms with Crippen molar-refractivity contribution >= 4 is 35.7 Å². The first-order valence-corrected chi connectivity index (χ1v) is 9.72. The van der Waals surface area contributed by atoms with Gasteiger partial charge in [0.25, 0.3) is 0 Å². The third kappa shape index (κ3) is 6.24. The van der Waals surface area contributed by atoms with Gasteiger partial charge in [-0.1, -0.05) is 0 Å². The van der Waals surface area contributed by atoms with Crippen LogP contribution in [0.25, 0.3) is 0 Å². The lowest BCUT2D eigenvalue weighted by atomic mass is 10.1. The van der Waals surface area contributed by atoms with E-state index in [1.165, 1.54) is 19.2 Å². The molecule has 0 saturated heterocycles. The Bertz CT molecular complexity index is 713. The number of hydrogen-bond donors (Lipinski definition) is 0. The highest BCUT2D eigenvalue weighted by atomic mass is 16.6. The molecule has 172 valence electrons. The van der Waals surface area contributed by atoms with Gasteiger partial charge in [0.05, 0.1) is 33.5 Å². The molecule has 11 nitrogen and oxygen atoms in total. The van der Waals surface area contributed by atoms with Crippen molar-refractivity contribution in [2.45, 2.75) is 34.6 Å². The minimum Gasteiger partial charge on any atom is -0.492 e. The van der Waals surface area contributed by atoms with Crippen molar-refractivity contribution in [3.05, 3.63) is 17.7 Å². The number of anilines is 2. The fourth-order valence-corrected chi connectivity index (χ4v) is 2.57. The van der Waals surface area contributed by atoms with Gasteiger partial charge in [-0.25, -0.2) is 19.2 Å². The second kappa shape index (κ2) is 12.3. The van der Waals surface area contributed by atoms with Crippen LogP contribution in [0, 0.1) is 6.92 Å². The van der Waals surface area contributed by atoms with Crippen LogP contribution in [0.2, 0.25) is 0 Å². The minimum atomic E-state index is -1.02. The molecule has 31 heavy (non-hydrogen) atoms. The van der Waals surface area contributed by atoms with E-state index in [0.717, 1.165) is 0 Å². The zero-order valence-corrected chi connectivity index (χ0v) is 18.6. The van der Waals surface area contributed by atoms with E-state index in [-0.39, 0.29) is 43.6 Å². The second-order valence-electron chi connectivity index (χ2n) is 5.80. The number of amides is 4. The maximum absolute atomic E-state index is 12.5. The third-order valence-corrected chi connectivity index (χ3v) is 3.68. The summed E-state index contributed by atoms with van der Waals surface area (Å²) in [7, 11) is 1.25. The van der Waals surface area contributed by atoms with E-state index in [0.29, 0.717) is 15.4 Å². The summed E-state index contributed by atoms with van der Waals surface area (Å²) in [6.45, 7) is 7.90. The molecule has 0 aliphatic carbocycles. The molecule has 11 heteroatoms. The molecule has 0 spiro atoms. The van der Waals surface area contributed by atoms with Crippen LogP contribution < -0.4 is 14.5 Å². The Labute approximate surface area is 180 Å². The Balaban J connectivity index is 3.77. The average Bonchev–Trinajstić information content (AvgIpc) is 2.69. The van der Waals surface area contributed by atoms with E-state index in [9.17, 15) is 19.2 Å². The van der Waals surface area contributed by atoms with Crippen molar-refractivity contribution in [2.24, 2.45) is 0 Å². The van der Waals surface area contributed by atoms with Gasteiger partial charge in [0.2, 0.25) is 0 Å². The van der Waals surface area contributed by atoms with Gasteiger partial charge in [-0.3, -0.25) is 0 Å². The van der Waals surface area contributed by atoms with E-state index >= 15 is 0 Å². The molecule has 0 saturated carbocycles. The molecule has 0 N–H and O–H groups in total. The van der Waals surface area contributed by atoms with Crippen molar-refractivity contribution in [3.8, 4) is 5.75 Å². The summed E-state index contributed by atoms with van der Waals surface area (Å²) in [6, 6.07) is 2.90. The number of methoxy groups -OCH3 is 1. The maximum atomic E-state index is 12.5. The SMILES string of the molecule is CCOC(=O)N(C(=O)OCC)c1cc(C)cc(N(C(=O)OCC)C(=O)OCC)c1OC. The Morgan fingerprint density at radius 3 is 1.19 bits per heavy atom. The summed E-state index contributed by atoms with van der Waals surface area (Å²) < 4.78 is 25.3. The molecule has 0 radical (unpaired) electrons. The van der Waals surface area contributed by atoms with Crippen LogP contribution in [0.1, 0.15) is 33.3 Å². The van der Waals surface area contributed by atoms with Crippen LogP contribution in [0.5, 0.6) is 5.75 Å². The zero-order chi connectivity index (χ0) is 23.6. The lowest BCUT2D eigenvalue weighted by Gasteiger charge is -2.26. The van der Waals surface area contributed by atoms with Gasteiger partial charge in [0.1, 0.15) is 11.4 Å². The predicted octanol–water partition coefficient (Wildman–Crippen LogP) is 4.24. The molecule has 1 aromatic carbocycles. The van der Waals surface area contributed by atoms with Crippen molar-refractivity contribution in [2.75, 3.05) is 43.3 Å². The minimum absolute atomic E-state index is 0.00644. The van der Waals surface area contributed by atoms with Gasteiger partial charge in [-0.2, -0.15) is 9.80 Å². The number of carbonyl (C=O) groups excluding carboxylic acids is 4. The number of hydrogen-bond acceptors (Lipinski definition) is 9. The van der Waals surface area contributed by atoms with Crippen LogP contribution in [0.3, 0.4) is 0 Å². The average molecular weight is 440 g/mol. The van der Waals surface area contributed by atoms with E-state index in [4.69, 9.17) is 23.7 Å². The highest BCUT2D eigenvalue weighted by molar-refractivity contribution is 6.14. The van der Waals surface area contributed by atoms with E-state index in [2.05, 4.69) is 0 Å². The quantitative estimate of drug-likeness (QED) is 0.573. The van der Waals surface area contributed by atoms with Crippen molar-refractivity contribution < 1.29 is 42.9 Å². The molecule has 4 amide bonds. The first-order chi connectivity index (χ1) is 14.8. The van der Waals surface area contributed by atoms with Crippen LogP contribution in [0.15, 0.2) is 12.1 Å². The molecule has 0 bridgehead atoms. The van der Waals surface area contributed by atoms with Crippen LogP contribution in [0.4, 0.5) is 30.6 Å². The number of nitrogens with zero attached hydrogens (tertiary/aromatic N) is 2. The van der Waals surface area contributed by atoms with Crippen LogP contribution >= 0.6 is 0 Å². The van der Waals surface area contributed by atoms with E-state index in [1.807, 2.05) is 0 Å². The summed E-state index contributed by atoms with van der Waals surface area (Å²) in [5.41, 5.74) is 0.309. The Kier molecular flexibility index (Phi) is 10.1. The third-order valence-electron chi connectivity index (χ3n) is 3.68. The smallest absolute Gasteiger partial charge is 0.424 e. The standard InChI is InChI=1S/C20H28N2O9/c1-7-28-17(23)21(18(24)29-8-2)14-11-13(5)12-15(16(14)27-6)22(19(25)30-9-3)20(26)31-10-4/h11-12H,7-10H2,1-6H3. The molecule has 1 rings (SSSR count). The molecule has 1 aromatic rings. The Hall–Kier alpha value is -3.50. The first kappa shape index (κ1) is 25.5. The summed E-state index contributed by atoms with van der Waals surface area (Å²) in [6.07, 6.45) is -4.08. The Morgan fingerprint density at radius 1 is 0.677 bits per heavy atom. The fraction of sp³-hybridized carbons (Fsp3) is 0.500. The molecule has 0 heterocycles. The van der Waals surface area contributed by atoms with Gasteiger partial charge >= 0.3 is 24.4 Å². The van der Waals surface area contributed by atoms with Crippen molar-refractivity contribution in [1.82, 2.24) is 0 Å². The number of aryl methyl sites for hydroxylation is 1. The second-order valence-corrected chi connectivity index (χ2v) is 5.80. The summed E-state index contributed by atoms with van der Waals surface area (Å²) in [5, 5.41) is 0. The number of carbonyl (C=O) groups is 4. The molecule has 0 unspecified atom stereocenters. The van der Waals surface area contributed by atoms with Crippen LogP contribution in [-0.4, -0.2) is 57.9 Å². The number of ether oxygens (including phenoxy) is 5. The molecule has 0 aliphatic rings. The van der Waals surface area contributed by atoms with Gasteiger partial charge in [-0.05, 0) is 52.3 Å². The highest BCUT2D eigenvalue weighted by Gasteiger charge is 2.35. The maximum Gasteiger partial charge on any atom is 0.424 e. The molecule has 0 aliphatic heterocycles. The largest absolute Gasteiger partial charge is 0.492 e. The Morgan fingerprint density at radius 2 is 0.968 bits per heavy atom. The van der Waals surface area contributed by atoms with Crippen molar-refractivity contribution in [3.63, 3.8) is 0 Å². The topological polar surface area (TPSA) is 121 Å². The molecular formula is C20H28N2O9.